The lowest BCUT2D eigenvalue weighted by atomic mass is 10.0. The maximum Gasteiger partial charge on any atom is 0.282 e. The molecule has 0 saturated carbocycles. The molecular formula is C27H26ClN3O2. The Balaban J connectivity index is 1.75. The number of amides is 2. The molecule has 0 spiro atoms. The average molecular weight is 460 g/mol. The maximum atomic E-state index is 13.5. The number of anilines is 3. The van der Waals surface area contributed by atoms with Crippen molar-refractivity contribution in [2.45, 2.75) is 19.8 Å². The zero-order valence-corrected chi connectivity index (χ0v) is 19.9. The van der Waals surface area contributed by atoms with Crippen molar-refractivity contribution in [3.8, 4) is 0 Å². The lowest BCUT2D eigenvalue weighted by molar-refractivity contribution is -0.120. The number of carbonyl (C=O) groups excluding carboxylic acids is 2. The number of imide groups is 1. The average Bonchev–Trinajstić information content (AvgIpc) is 3.04. The van der Waals surface area contributed by atoms with Gasteiger partial charge < -0.3 is 10.2 Å². The quantitative estimate of drug-likeness (QED) is 0.464. The summed E-state index contributed by atoms with van der Waals surface area (Å²) in [5, 5.41) is 3.77. The van der Waals surface area contributed by atoms with Crippen LogP contribution in [-0.4, -0.2) is 25.9 Å². The fourth-order valence-electron chi connectivity index (χ4n) is 3.76. The van der Waals surface area contributed by atoms with Crippen molar-refractivity contribution in [1.29, 1.82) is 0 Å². The van der Waals surface area contributed by atoms with Gasteiger partial charge in [0.05, 0.1) is 11.3 Å². The van der Waals surface area contributed by atoms with Gasteiger partial charge in [0.1, 0.15) is 5.70 Å². The van der Waals surface area contributed by atoms with Gasteiger partial charge in [-0.2, -0.15) is 0 Å². The van der Waals surface area contributed by atoms with Crippen LogP contribution in [0.5, 0.6) is 0 Å². The Morgan fingerprint density at radius 2 is 1.42 bits per heavy atom. The standard InChI is InChI=1S/C27H26ClN3O2/c1-17(2)18-7-11-21(12-8-18)29-25-24(19-5-9-20(28)10-6-19)26(32)31(27(25)33)23-15-13-22(14-16-23)30(3)4/h5-17,29H,1-4H3. The van der Waals surface area contributed by atoms with Crippen molar-refractivity contribution in [2.75, 3.05) is 29.2 Å². The van der Waals surface area contributed by atoms with E-state index in [1.54, 1.807) is 36.4 Å². The van der Waals surface area contributed by atoms with Crippen molar-refractivity contribution in [2.24, 2.45) is 0 Å². The number of rotatable bonds is 6. The summed E-state index contributed by atoms with van der Waals surface area (Å²) in [5.41, 5.74) is 4.64. The predicted octanol–water partition coefficient (Wildman–Crippen LogP) is 5.93. The van der Waals surface area contributed by atoms with Gasteiger partial charge in [-0.05, 0) is 65.6 Å². The molecule has 0 fully saturated rings. The third-order valence-corrected chi connectivity index (χ3v) is 5.94. The summed E-state index contributed by atoms with van der Waals surface area (Å²) in [6, 6.07) is 22.2. The summed E-state index contributed by atoms with van der Waals surface area (Å²) in [5.74, 6) is -0.366. The van der Waals surface area contributed by atoms with Gasteiger partial charge >= 0.3 is 0 Å². The molecule has 0 bridgehead atoms. The van der Waals surface area contributed by atoms with E-state index in [1.165, 1.54) is 10.5 Å². The van der Waals surface area contributed by atoms with Crippen LogP contribution in [0.3, 0.4) is 0 Å². The van der Waals surface area contributed by atoms with Gasteiger partial charge in [-0.25, -0.2) is 4.90 Å². The van der Waals surface area contributed by atoms with Crippen LogP contribution in [0.1, 0.15) is 30.9 Å². The van der Waals surface area contributed by atoms with E-state index in [2.05, 4.69) is 19.2 Å². The Kier molecular flexibility index (Phi) is 6.25. The second-order valence-corrected chi connectivity index (χ2v) is 8.95. The van der Waals surface area contributed by atoms with E-state index in [0.717, 1.165) is 11.4 Å². The van der Waals surface area contributed by atoms with Gasteiger partial charge in [0.25, 0.3) is 11.8 Å². The van der Waals surface area contributed by atoms with Crippen molar-refractivity contribution in [3.05, 3.63) is 94.6 Å². The molecule has 0 atom stereocenters. The molecule has 4 rings (SSSR count). The van der Waals surface area contributed by atoms with Crippen molar-refractivity contribution in [1.82, 2.24) is 0 Å². The number of benzene rings is 3. The van der Waals surface area contributed by atoms with E-state index >= 15 is 0 Å². The van der Waals surface area contributed by atoms with Gasteiger partial charge in [0, 0.05) is 30.5 Å². The highest BCUT2D eigenvalue weighted by Crippen LogP contribution is 2.35. The highest BCUT2D eigenvalue weighted by Gasteiger charge is 2.40. The summed E-state index contributed by atoms with van der Waals surface area (Å²) in [4.78, 5) is 30.2. The largest absolute Gasteiger partial charge is 0.378 e. The lowest BCUT2D eigenvalue weighted by Crippen LogP contribution is -2.32. The van der Waals surface area contributed by atoms with Gasteiger partial charge in [-0.1, -0.05) is 49.7 Å². The molecule has 1 aliphatic rings. The smallest absolute Gasteiger partial charge is 0.282 e. The molecule has 0 aromatic heterocycles. The number of hydrogen-bond donors (Lipinski definition) is 1. The van der Waals surface area contributed by atoms with Gasteiger partial charge in [-0.3, -0.25) is 9.59 Å². The minimum Gasteiger partial charge on any atom is -0.378 e. The van der Waals surface area contributed by atoms with Crippen LogP contribution in [0.25, 0.3) is 5.57 Å². The number of halogens is 1. The molecule has 0 aliphatic carbocycles. The van der Waals surface area contributed by atoms with Crippen molar-refractivity contribution < 1.29 is 9.59 Å². The van der Waals surface area contributed by atoms with Crippen LogP contribution in [-0.2, 0) is 9.59 Å². The number of carbonyl (C=O) groups is 2. The van der Waals surface area contributed by atoms with Crippen LogP contribution in [0, 0.1) is 0 Å². The minimum absolute atomic E-state index is 0.247. The first-order valence-electron chi connectivity index (χ1n) is 10.8. The predicted molar refractivity (Wildman–Crippen MR) is 136 cm³/mol. The minimum atomic E-state index is -0.393. The highest BCUT2D eigenvalue weighted by molar-refractivity contribution is 6.46. The molecule has 6 heteroatoms. The monoisotopic (exact) mass is 459 g/mol. The third-order valence-electron chi connectivity index (χ3n) is 5.69. The zero-order chi connectivity index (χ0) is 23.7. The van der Waals surface area contributed by atoms with Crippen LogP contribution in [0.4, 0.5) is 17.1 Å². The Morgan fingerprint density at radius 1 is 0.818 bits per heavy atom. The Labute approximate surface area is 199 Å². The molecule has 33 heavy (non-hydrogen) atoms. The molecule has 0 saturated heterocycles. The van der Waals surface area contributed by atoms with Crippen LogP contribution in [0.15, 0.2) is 78.5 Å². The summed E-state index contributed by atoms with van der Waals surface area (Å²) < 4.78 is 0. The topological polar surface area (TPSA) is 52.7 Å². The van der Waals surface area contributed by atoms with Crippen molar-refractivity contribution in [3.63, 3.8) is 0 Å². The van der Waals surface area contributed by atoms with E-state index in [1.807, 2.05) is 55.4 Å². The maximum absolute atomic E-state index is 13.5. The number of nitrogens with one attached hydrogen (secondary N) is 1. The molecule has 1 aliphatic heterocycles. The summed E-state index contributed by atoms with van der Waals surface area (Å²) in [7, 11) is 3.88. The Morgan fingerprint density at radius 3 is 1.97 bits per heavy atom. The molecule has 3 aromatic rings. The fourth-order valence-corrected chi connectivity index (χ4v) is 3.89. The first-order chi connectivity index (χ1) is 15.8. The number of nitrogens with zero attached hydrogens (tertiary/aromatic N) is 2. The van der Waals surface area contributed by atoms with E-state index in [-0.39, 0.29) is 11.6 Å². The zero-order valence-electron chi connectivity index (χ0n) is 19.1. The summed E-state index contributed by atoms with van der Waals surface area (Å²) in [6.07, 6.45) is 0. The van der Waals surface area contributed by atoms with E-state index in [0.29, 0.717) is 27.8 Å². The second-order valence-electron chi connectivity index (χ2n) is 8.52. The molecule has 0 unspecified atom stereocenters. The summed E-state index contributed by atoms with van der Waals surface area (Å²) in [6.45, 7) is 4.25. The van der Waals surface area contributed by atoms with Crippen molar-refractivity contribution >= 4 is 46.1 Å². The highest BCUT2D eigenvalue weighted by atomic mass is 35.5. The molecular weight excluding hydrogens is 434 g/mol. The molecule has 168 valence electrons. The van der Waals surface area contributed by atoms with Crippen LogP contribution >= 0.6 is 11.6 Å². The molecule has 2 amide bonds. The molecule has 1 heterocycles. The molecule has 3 aromatic carbocycles. The second kappa shape index (κ2) is 9.12. The SMILES string of the molecule is CC(C)c1ccc(NC2=C(c3ccc(Cl)cc3)C(=O)N(c3ccc(N(C)C)cc3)C2=O)cc1. The first kappa shape index (κ1) is 22.6. The molecule has 5 nitrogen and oxygen atoms in total. The van der Waals surface area contributed by atoms with E-state index in [4.69, 9.17) is 11.6 Å². The normalized spacial score (nSPS) is 13.8. The third kappa shape index (κ3) is 4.50. The number of hydrogen-bond acceptors (Lipinski definition) is 4. The van der Waals surface area contributed by atoms with Crippen LogP contribution in [0.2, 0.25) is 5.02 Å². The van der Waals surface area contributed by atoms with Crippen LogP contribution < -0.4 is 15.1 Å². The summed E-state index contributed by atoms with van der Waals surface area (Å²) >= 11 is 6.06. The van der Waals surface area contributed by atoms with Gasteiger partial charge in [0.2, 0.25) is 0 Å². The molecule has 0 radical (unpaired) electrons. The fraction of sp³-hybridized carbons (Fsp3) is 0.185. The first-order valence-corrected chi connectivity index (χ1v) is 11.2. The molecule has 1 N–H and O–H groups in total. The van der Waals surface area contributed by atoms with E-state index < -0.39 is 5.91 Å². The van der Waals surface area contributed by atoms with E-state index in [9.17, 15) is 9.59 Å². The Hall–Kier alpha value is -3.57. The lowest BCUT2D eigenvalue weighted by Gasteiger charge is -2.18. The van der Waals surface area contributed by atoms with Gasteiger partial charge in [0.15, 0.2) is 0 Å². The Bertz CT molecular complexity index is 1210. The van der Waals surface area contributed by atoms with Gasteiger partial charge in [-0.15, -0.1) is 0 Å².